The fraction of sp³-hybridized carbons (Fsp3) is 0.133. The van der Waals surface area contributed by atoms with Crippen LogP contribution in [0.15, 0.2) is 72.8 Å². The quantitative estimate of drug-likeness (QED) is 0.273. The van der Waals surface area contributed by atoms with Crippen molar-refractivity contribution in [3.63, 3.8) is 0 Å². The minimum atomic E-state index is 0. The van der Waals surface area contributed by atoms with Crippen LogP contribution in [-0.2, 0) is 0 Å². The van der Waals surface area contributed by atoms with Crippen molar-refractivity contribution in [1.29, 1.82) is 0 Å². The second kappa shape index (κ2) is 10.8. The van der Waals surface area contributed by atoms with Gasteiger partial charge in [0.15, 0.2) is 0 Å². The summed E-state index contributed by atoms with van der Waals surface area (Å²) in [5.41, 5.74) is 8.77. The van der Waals surface area contributed by atoms with E-state index in [1.165, 1.54) is 31.7 Å². The van der Waals surface area contributed by atoms with E-state index in [0.717, 1.165) is 32.2 Å². The van der Waals surface area contributed by atoms with E-state index >= 15 is 0 Å². The predicted octanol–water partition coefficient (Wildman–Crippen LogP) is 5.76. The van der Waals surface area contributed by atoms with Gasteiger partial charge in [-0.2, -0.15) is 9.97 Å². The first-order valence-electron chi connectivity index (χ1n) is 11.7. The number of hydrogen-bond donors (Lipinski definition) is 0. The standard InChI is InChI=1S/2C15H13NOS.Be/c2*1-9-7-12-14(8-10(9)2)18-15(16-12)11-5-3-4-6-13(11)17;/h2*3-8,17H,1-2H3;/q;;+2. The molecule has 7 heteroatoms. The zero-order valence-electron chi connectivity index (χ0n) is 21.3. The summed E-state index contributed by atoms with van der Waals surface area (Å²) in [6, 6.07) is 22.9. The van der Waals surface area contributed by atoms with Gasteiger partial charge in [0.05, 0.1) is 0 Å². The van der Waals surface area contributed by atoms with E-state index in [2.05, 4.69) is 61.9 Å². The number of aryl methyl sites for hydroxylation is 4. The molecule has 0 bridgehead atoms. The van der Waals surface area contributed by atoms with Crippen LogP contribution < -0.4 is 20.2 Å². The molecule has 4 nitrogen and oxygen atoms in total. The second-order valence-corrected chi connectivity index (χ2v) is 11.1. The molecule has 0 aliphatic heterocycles. The Bertz CT molecular complexity index is 1520. The van der Waals surface area contributed by atoms with E-state index in [-0.39, 0.29) is 21.6 Å². The molecule has 0 saturated carbocycles. The molecule has 0 aliphatic carbocycles. The Kier molecular flexibility index (Phi) is 7.74. The number of H-pyrrole nitrogens is 2. The van der Waals surface area contributed by atoms with Crippen LogP contribution in [0.2, 0.25) is 0 Å². The molecule has 6 aromatic rings. The van der Waals surface area contributed by atoms with Crippen LogP contribution in [0.1, 0.15) is 22.3 Å². The average molecular weight is 520 g/mol. The maximum atomic E-state index is 11.8. The van der Waals surface area contributed by atoms with E-state index in [1.54, 1.807) is 46.9 Å². The van der Waals surface area contributed by atoms with Gasteiger partial charge >= 0.3 is 10.1 Å². The van der Waals surface area contributed by atoms with Crippen LogP contribution in [0.25, 0.3) is 41.6 Å². The Balaban J connectivity index is 0.000000168. The van der Waals surface area contributed by atoms with E-state index in [4.69, 9.17) is 0 Å². The van der Waals surface area contributed by atoms with Crippen molar-refractivity contribution in [3.8, 4) is 32.6 Å². The number of aromatic amines is 2. The first-order chi connectivity index (χ1) is 17.3. The van der Waals surface area contributed by atoms with Crippen molar-refractivity contribution in [2.45, 2.75) is 27.7 Å². The van der Waals surface area contributed by atoms with Crippen molar-refractivity contribution >= 4 is 53.2 Å². The maximum absolute atomic E-state index is 11.8. The number of hydrogen-bond acceptors (Lipinski definition) is 4. The van der Waals surface area contributed by atoms with Gasteiger partial charge in [-0.15, -0.1) is 0 Å². The molecule has 0 atom stereocenters. The molecule has 0 spiro atoms. The molecule has 0 fully saturated rings. The molecular weight excluding hydrogens is 493 g/mol. The molecule has 0 aliphatic rings. The van der Waals surface area contributed by atoms with Gasteiger partial charge in [0.25, 0.3) is 10.0 Å². The third kappa shape index (κ3) is 5.42. The van der Waals surface area contributed by atoms with Gasteiger partial charge in [0.1, 0.15) is 9.40 Å². The number of thiazole rings is 2. The zero-order valence-corrected chi connectivity index (χ0v) is 22.9. The van der Waals surface area contributed by atoms with Gasteiger partial charge < -0.3 is 10.2 Å². The van der Waals surface area contributed by atoms with Crippen molar-refractivity contribution < 1.29 is 20.2 Å². The van der Waals surface area contributed by atoms with E-state index in [9.17, 15) is 10.2 Å². The summed E-state index contributed by atoms with van der Waals surface area (Å²) in [5, 5.41) is 25.5. The molecule has 180 valence electrons. The summed E-state index contributed by atoms with van der Waals surface area (Å²) >= 11 is 3.26. The Hall–Kier alpha value is -3.57. The number of nitrogens with one attached hydrogen (secondary N) is 2. The van der Waals surface area contributed by atoms with Crippen molar-refractivity contribution in [2.75, 3.05) is 0 Å². The number of rotatable bonds is 2. The molecule has 6 rings (SSSR count). The first kappa shape index (κ1) is 26.5. The normalized spacial score (nSPS) is 10.7. The first-order valence-corrected chi connectivity index (χ1v) is 13.3. The Morgan fingerprint density at radius 2 is 0.892 bits per heavy atom. The van der Waals surface area contributed by atoms with Gasteiger partial charge in [0, 0.05) is 23.3 Å². The smallest absolute Gasteiger partial charge is 0.872 e. The summed E-state index contributed by atoms with van der Waals surface area (Å²) in [6.45, 7) is 8.41. The second-order valence-electron chi connectivity index (χ2n) is 8.97. The summed E-state index contributed by atoms with van der Waals surface area (Å²) in [6.07, 6.45) is 0. The predicted molar refractivity (Wildman–Crippen MR) is 151 cm³/mol. The fourth-order valence-corrected chi connectivity index (χ4v) is 6.24. The summed E-state index contributed by atoms with van der Waals surface area (Å²) in [5.74, 6) is 0.127. The Morgan fingerprint density at radius 3 is 1.27 bits per heavy atom. The van der Waals surface area contributed by atoms with Gasteiger partial charge in [-0.1, -0.05) is 70.6 Å². The van der Waals surface area contributed by atoms with Crippen LogP contribution in [0.4, 0.5) is 0 Å². The molecule has 4 aromatic carbocycles. The molecule has 2 aromatic heterocycles. The Morgan fingerprint density at radius 1 is 0.541 bits per heavy atom. The van der Waals surface area contributed by atoms with Crippen LogP contribution in [0.3, 0.4) is 0 Å². The molecule has 2 N–H and O–H groups in total. The van der Waals surface area contributed by atoms with Gasteiger partial charge in [-0.25, -0.2) is 0 Å². The van der Waals surface area contributed by atoms with Crippen molar-refractivity contribution in [3.05, 3.63) is 95.1 Å². The number of aromatic nitrogens is 2. The van der Waals surface area contributed by atoms with Crippen molar-refractivity contribution in [2.24, 2.45) is 0 Å². The molecular formula is C30H26BeN2O2S2+2. The Labute approximate surface area is 228 Å². The molecule has 0 radical (unpaired) electrons. The van der Waals surface area contributed by atoms with Crippen LogP contribution in [0.5, 0.6) is 11.5 Å². The molecule has 0 unspecified atom stereocenters. The average Bonchev–Trinajstić information content (AvgIpc) is 3.44. The van der Waals surface area contributed by atoms with Gasteiger partial charge in [-0.3, -0.25) is 0 Å². The van der Waals surface area contributed by atoms with E-state index in [1.807, 2.05) is 24.3 Å². The molecule has 0 saturated heterocycles. The van der Waals surface area contributed by atoms with Crippen LogP contribution in [-0.4, -0.2) is 10.1 Å². The third-order valence-corrected chi connectivity index (χ3v) is 8.54. The molecule has 37 heavy (non-hydrogen) atoms. The van der Waals surface area contributed by atoms with E-state index in [0.29, 0.717) is 0 Å². The summed E-state index contributed by atoms with van der Waals surface area (Å²) in [7, 11) is 0. The van der Waals surface area contributed by atoms with E-state index < -0.39 is 0 Å². The maximum Gasteiger partial charge on any atom is 2.00 e. The molecule has 2 heterocycles. The minimum Gasteiger partial charge on any atom is -0.872 e. The summed E-state index contributed by atoms with van der Waals surface area (Å²) < 4.78 is 2.38. The number of benzene rings is 4. The largest absolute Gasteiger partial charge is 2.00 e. The summed E-state index contributed by atoms with van der Waals surface area (Å²) in [4.78, 5) is 6.68. The topological polar surface area (TPSA) is 74.4 Å². The minimum absolute atomic E-state index is 0. The number of fused-ring (bicyclic) bond motifs is 2. The van der Waals surface area contributed by atoms with Crippen molar-refractivity contribution in [1.82, 2.24) is 0 Å². The molecule has 0 amide bonds. The van der Waals surface area contributed by atoms with Crippen LogP contribution >= 0.6 is 22.7 Å². The van der Waals surface area contributed by atoms with Gasteiger partial charge in [0.2, 0.25) is 11.0 Å². The van der Waals surface area contributed by atoms with Crippen LogP contribution in [0, 0.1) is 27.7 Å². The monoisotopic (exact) mass is 519 g/mol. The third-order valence-electron chi connectivity index (χ3n) is 6.38. The SMILES string of the molecule is Cc1cc2[nH+]c(-c3ccccc3[O-])sc2cc1C.Cc1cc2[nH+]c(-c3ccccc3[O-])sc2cc1C.[Be+2]. The zero-order chi connectivity index (χ0) is 25.4. The number of para-hydroxylation sites is 2. The van der Waals surface area contributed by atoms with Gasteiger partial charge in [-0.05, 0) is 74.2 Å². The fourth-order valence-electron chi connectivity index (χ4n) is 4.01.